The van der Waals surface area contributed by atoms with Crippen molar-refractivity contribution >= 4 is 5.91 Å². The first-order valence-corrected chi connectivity index (χ1v) is 6.17. The van der Waals surface area contributed by atoms with E-state index in [4.69, 9.17) is 0 Å². The van der Waals surface area contributed by atoms with E-state index in [1.165, 1.54) is 0 Å². The van der Waals surface area contributed by atoms with Gasteiger partial charge in [0.2, 0.25) is 0 Å². The number of amides is 1. The molecular formula is C15H15F3N2O. The number of carbonyl (C=O) groups excluding carboxylic acids is 1. The molecule has 1 aromatic carbocycles. The number of rotatable bonds is 4. The summed E-state index contributed by atoms with van der Waals surface area (Å²) in [6.45, 7) is 6.53. The van der Waals surface area contributed by atoms with Gasteiger partial charge in [0.1, 0.15) is 6.04 Å². The number of nitriles is 1. The first-order valence-electron chi connectivity index (χ1n) is 6.17. The summed E-state index contributed by atoms with van der Waals surface area (Å²) >= 11 is 0. The van der Waals surface area contributed by atoms with Gasteiger partial charge in [-0.3, -0.25) is 4.79 Å². The predicted octanol–water partition coefficient (Wildman–Crippen LogP) is 3.45. The minimum absolute atomic E-state index is 0.356. The highest BCUT2D eigenvalue weighted by molar-refractivity contribution is 5.82. The number of nitrogens with zero attached hydrogens (tertiary/aromatic N) is 2. The van der Waals surface area contributed by atoms with Gasteiger partial charge in [-0.15, -0.1) is 6.58 Å². The van der Waals surface area contributed by atoms with Crippen LogP contribution in [-0.2, 0) is 4.79 Å². The van der Waals surface area contributed by atoms with Crippen molar-refractivity contribution in [1.82, 2.24) is 4.90 Å². The Balaban J connectivity index is 3.29. The molecule has 0 aromatic heterocycles. The van der Waals surface area contributed by atoms with E-state index in [-0.39, 0.29) is 6.54 Å². The average Bonchev–Trinajstić information content (AvgIpc) is 2.35. The Kier molecular flexibility index (Phi) is 5.14. The Morgan fingerprint density at radius 3 is 2.29 bits per heavy atom. The second-order valence-electron chi connectivity index (χ2n) is 4.70. The van der Waals surface area contributed by atoms with Crippen LogP contribution < -0.4 is 0 Å². The van der Waals surface area contributed by atoms with Crippen molar-refractivity contribution in [2.24, 2.45) is 0 Å². The molecule has 1 amide bonds. The Hall–Kier alpha value is -2.29. The summed E-state index contributed by atoms with van der Waals surface area (Å²) in [6.07, 6.45) is -3.87. The lowest BCUT2D eigenvalue weighted by Crippen LogP contribution is -2.43. The molecule has 0 bridgehead atoms. The van der Waals surface area contributed by atoms with Crippen molar-refractivity contribution in [3.63, 3.8) is 0 Å². The fraction of sp³-hybridized carbons (Fsp3) is 0.333. The standard InChI is InChI=1S/C15H15F3N2O/c1-4-5-20(14(21)15(16,17)18)13(9-19)12-7-10(2)6-11(3)8-12/h4,6-8,13H,1,5H2,2-3H3/t13-/m1/s1. The van der Waals surface area contributed by atoms with E-state index in [0.29, 0.717) is 10.5 Å². The fourth-order valence-corrected chi connectivity index (χ4v) is 2.10. The number of hydrogen-bond acceptors (Lipinski definition) is 2. The van der Waals surface area contributed by atoms with Gasteiger partial charge in [0.25, 0.3) is 0 Å². The lowest BCUT2D eigenvalue weighted by molar-refractivity contribution is -0.186. The van der Waals surface area contributed by atoms with Crippen LogP contribution in [0.25, 0.3) is 0 Å². The molecule has 0 heterocycles. The van der Waals surface area contributed by atoms with Gasteiger partial charge in [-0.25, -0.2) is 0 Å². The third-order valence-electron chi connectivity index (χ3n) is 2.82. The van der Waals surface area contributed by atoms with E-state index in [2.05, 4.69) is 6.58 Å². The van der Waals surface area contributed by atoms with Crippen LogP contribution in [0.4, 0.5) is 13.2 Å². The summed E-state index contributed by atoms with van der Waals surface area (Å²) in [5.41, 5.74) is 1.97. The summed E-state index contributed by atoms with van der Waals surface area (Å²) in [6, 6.07) is 5.49. The van der Waals surface area contributed by atoms with E-state index in [0.717, 1.165) is 17.2 Å². The normalized spacial score (nSPS) is 12.4. The fourth-order valence-electron chi connectivity index (χ4n) is 2.10. The third kappa shape index (κ3) is 4.09. The number of alkyl halides is 3. The summed E-state index contributed by atoms with van der Waals surface area (Å²) < 4.78 is 38.0. The molecule has 1 atom stereocenters. The Morgan fingerprint density at radius 2 is 1.90 bits per heavy atom. The average molecular weight is 296 g/mol. The highest BCUT2D eigenvalue weighted by atomic mass is 19.4. The maximum atomic E-state index is 12.7. The summed E-state index contributed by atoms with van der Waals surface area (Å²) in [5, 5.41) is 9.23. The molecule has 0 aliphatic carbocycles. The van der Waals surface area contributed by atoms with Crippen molar-refractivity contribution in [1.29, 1.82) is 5.26 Å². The smallest absolute Gasteiger partial charge is 0.311 e. The van der Waals surface area contributed by atoms with Gasteiger partial charge in [0, 0.05) is 6.54 Å². The van der Waals surface area contributed by atoms with E-state index in [9.17, 15) is 23.2 Å². The highest BCUT2D eigenvalue weighted by Gasteiger charge is 2.44. The largest absolute Gasteiger partial charge is 0.471 e. The molecule has 0 N–H and O–H groups in total. The molecule has 0 aliphatic heterocycles. The van der Waals surface area contributed by atoms with E-state index < -0.39 is 18.1 Å². The van der Waals surface area contributed by atoms with Crippen molar-refractivity contribution in [2.75, 3.05) is 6.54 Å². The van der Waals surface area contributed by atoms with Gasteiger partial charge >= 0.3 is 12.1 Å². The van der Waals surface area contributed by atoms with Gasteiger partial charge in [0.05, 0.1) is 6.07 Å². The molecule has 3 nitrogen and oxygen atoms in total. The minimum atomic E-state index is -5.03. The van der Waals surface area contributed by atoms with Gasteiger partial charge in [-0.05, 0) is 19.4 Å². The van der Waals surface area contributed by atoms with E-state index in [1.54, 1.807) is 32.0 Å². The SMILES string of the molecule is C=CCN(C(=O)C(F)(F)F)[C@H](C#N)c1cc(C)cc(C)c1. The summed E-state index contributed by atoms with van der Waals surface area (Å²) in [4.78, 5) is 12.0. The maximum Gasteiger partial charge on any atom is 0.471 e. The van der Waals surface area contributed by atoms with Crippen molar-refractivity contribution < 1.29 is 18.0 Å². The number of carbonyl (C=O) groups is 1. The predicted molar refractivity (Wildman–Crippen MR) is 72.2 cm³/mol. The monoisotopic (exact) mass is 296 g/mol. The van der Waals surface area contributed by atoms with Crippen molar-refractivity contribution in [2.45, 2.75) is 26.1 Å². The number of benzene rings is 1. The molecule has 21 heavy (non-hydrogen) atoms. The molecule has 1 aromatic rings. The zero-order chi connectivity index (χ0) is 16.2. The Morgan fingerprint density at radius 1 is 1.38 bits per heavy atom. The van der Waals surface area contributed by atoms with Crippen LogP contribution in [0.3, 0.4) is 0 Å². The second kappa shape index (κ2) is 6.44. The number of aryl methyl sites for hydroxylation is 2. The molecule has 0 fully saturated rings. The molecule has 0 saturated carbocycles. The molecule has 0 saturated heterocycles. The molecule has 6 heteroatoms. The lowest BCUT2D eigenvalue weighted by atomic mass is 10.0. The van der Waals surface area contributed by atoms with Crippen LogP contribution in [-0.4, -0.2) is 23.5 Å². The first kappa shape index (κ1) is 16.8. The quantitative estimate of drug-likeness (QED) is 0.799. The van der Waals surface area contributed by atoms with Gasteiger partial charge in [-0.1, -0.05) is 35.4 Å². The van der Waals surface area contributed by atoms with Crippen LogP contribution in [0.2, 0.25) is 0 Å². The Labute approximate surface area is 121 Å². The van der Waals surface area contributed by atoms with Crippen LogP contribution >= 0.6 is 0 Å². The van der Waals surface area contributed by atoms with Crippen LogP contribution in [0.15, 0.2) is 30.9 Å². The molecule has 1 rings (SSSR count). The maximum absolute atomic E-state index is 12.7. The molecule has 0 aliphatic rings. The molecule has 0 radical (unpaired) electrons. The van der Waals surface area contributed by atoms with E-state index in [1.807, 2.05) is 6.07 Å². The summed E-state index contributed by atoms with van der Waals surface area (Å²) in [5.74, 6) is -2.05. The molecule has 0 unspecified atom stereocenters. The number of hydrogen-bond donors (Lipinski definition) is 0. The van der Waals surface area contributed by atoms with Crippen LogP contribution in [0.1, 0.15) is 22.7 Å². The van der Waals surface area contributed by atoms with Gasteiger partial charge < -0.3 is 4.90 Å². The second-order valence-corrected chi connectivity index (χ2v) is 4.70. The van der Waals surface area contributed by atoms with Crippen molar-refractivity contribution in [3.8, 4) is 6.07 Å². The van der Waals surface area contributed by atoms with Crippen molar-refractivity contribution in [3.05, 3.63) is 47.5 Å². The van der Waals surface area contributed by atoms with Gasteiger partial charge in [0.15, 0.2) is 0 Å². The zero-order valence-electron chi connectivity index (χ0n) is 11.7. The summed E-state index contributed by atoms with van der Waals surface area (Å²) in [7, 11) is 0. The van der Waals surface area contributed by atoms with Crippen LogP contribution in [0, 0.1) is 25.2 Å². The zero-order valence-corrected chi connectivity index (χ0v) is 11.7. The molecule has 0 spiro atoms. The van der Waals surface area contributed by atoms with E-state index >= 15 is 0 Å². The molecule has 112 valence electrons. The van der Waals surface area contributed by atoms with Gasteiger partial charge in [-0.2, -0.15) is 18.4 Å². The first-order chi connectivity index (χ1) is 9.70. The number of halogens is 3. The highest BCUT2D eigenvalue weighted by Crippen LogP contribution is 2.27. The minimum Gasteiger partial charge on any atom is -0.311 e. The Bertz CT molecular complexity index is 567. The van der Waals surface area contributed by atoms with Crippen LogP contribution in [0.5, 0.6) is 0 Å². The third-order valence-corrected chi connectivity index (χ3v) is 2.82. The topological polar surface area (TPSA) is 44.1 Å². The molecular weight excluding hydrogens is 281 g/mol. The lowest BCUT2D eigenvalue weighted by Gasteiger charge is -2.27.